The summed E-state index contributed by atoms with van der Waals surface area (Å²) in [7, 11) is 3.66. The maximum absolute atomic E-state index is 13.4. The first-order chi connectivity index (χ1) is 14.2. The largest absolute Gasteiger partial charge is 0.496 e. The van der Waals surface area contributed by atoms with Gasteiger partial charge in [-0.3, -0.25) is 14.5 Å². The summed E-state index contributed by atoms with van der Waals surface area (Å²) in [5.41, 5.74) is 0.0627. The number of nitrogens with zero attached hydrogens (tertiary/aromatic N) is 2. The van der Waals surface area contributed by atoms with Gasteiger partial charge in [-0.1, -0.05) is 24.3 Å². The molecule has 0 aliphatic carbocycles. The molecule has 1 saturated heterocycles. The molecule has 0 saturated carbocycles. The standard InChI is InChI=1S/C23H28FN3O3/c1-23(2,25-21(28)16-8-7-9-17(24)14-16)22(29)27-13-12-26(3)19(15-27)18-10-5-6-11-20(18)30-4/h5-11,14,19H,12-13,15H2,1-4H3,(H,25,28). The van der Waals surface area contributed by atoms with E-state index in [9.17, 15) is 14.0 Å². The van der Waals surface area contributed by atoms with Gasteiger partial charge in [0.15, 0.2) is 0 Å². The number of methoxy groups -OCH3 is 1. The molecule has 30 heavy (non-hydrogen) atoms. The van der Waals surface area contributed by atoms with Crippen molar-refractivity contribution in [1.82, 2.24) is 15.1 Å². The number of ether oxygens (including phenoxy) is 1. The van der Waals surface area contributed by atoms with Crippen molar-refractivity contribution in [2.75, 3.05) is 33.8 Å². The third-order valence-electron chi connectivity index (χ3n) is 5.48. The molecule has 1 fully saturated rings. The van der Waals surface area contributed by atoms with E-state index in [1.165, 1.54) is 18.2 Å². The molecule has 2 aromatic carbocycles. The quantitative estimate of drug-likeness (QED) is 0.819. The molecule has 2 aromatic rings. The molecule has 1 aliphatic rings. The lowest BCUT2D eigenvalue weighted by molar-refractivity contribution is -0.139. The van der Waals surface area contributed by atoms with Gasteiger partial charge < -0.3 is 15.0 Å². The van der Waals surface area contributed by atoms with Crippen molar-refractivity contribution >= 4 is 11.8 Å². The maximum atomic E-state index is 13.4. The Kier molecular flexibility index (Phi) is 6.41. The molecule has 0 radical (unpaired) electrons. The summed E-state index contributed by atoms with van der Waals surface area (Å²) in [6.07, 6.45) is 0. The number of benzene rings is 2. The van der Waals surface area contributed by atoms with Gasteiger partial charge in [-0.05, 0) is 45.2 Å². The third kappa shape index (κ3) is 4.62. The summed E-state index contributed by atoms with van der Waals surface area (Å²) in [5, 5.41) is 2.75. The Morgan fingerprint density at radius 2 is 1.87 bits per heavy atom. The Hall–Kier alpha value is -2.93. The average molecular weight is 413 g/mol. The van der Waals surface area contributed by atoms with Crippen molar-refractivity contribution in [2.24, 2.45) is 0 Å². The van der Waals surface area contributed by atoms with Crippen LogP contribution < -0.4 is 10.1 Å². The predicted molar refractivity (Wildman–Crippen MR) is 113 cm³/mol. The van der Waals surface area contributed by atoms with E-state index in [-0.39, 0.29) is 17.5 Å². The minimum absolute atomic E-state index is 0.0198. The molecule has 0 aromatic heterocycles. The number of nitrogens with one attached hydrogen (secondary N) is 1. The van der Waals surface area contributed by atoms with E-state index < -0.39 is 17.3 Å². The SMILES string of the molecule is COc1ccccc1C1CN(C(=O)C(C)(C)NC(=O)c2cccc(F)c2)CCN1C. The van der Waals surface area contributed by atoms with E-state index in [1.807, 2.05) is 31.3 Å². The van der Waals surface area contributed by atoms with Crippen LogP contribution in [-0.4, -0.2) is 60.9 Å². The normalized spacial score (nSPS) is 17.5. The van der Waals surface area contributed by atoms with Crippen LogP contribution in [-0.2, 0) is 4.79 Å². The van der Waals surface area contributed by atoms with Gasteiger partial charge in [0, 0.05) is 30.8 Å². The molecular weight excluding hydrogens is 385 g/mol. The fourth-order valence-corrected chi connectivity index (χ4v) is 3.77. The summed E-state index contributed by atoms with van der Waals surface area (Å²) < 4.78 is 18.9. The lowest BCUT2D eigenvalue weighted by atomic mass is 9.98. The highest BCUT2D eigenvalue weighted by Gasteiger charge is 2.38. The minimum Gasteiger partial charge on any atom is -0.496 e. The van der Waals surface area contributed by atoms with Gasteiger partial charge >= 0.3 is 0 Å². The lowest BCUT2D eigenvalue weighted by Gasteiger charge is -2.42. The second kappa shape index (κ2) is 8.83. The van der Waals surface area contributed by atoms with Crippen LogP contribution in [0.5, 0.6) is 5.75 Å². The number of para-hydroxylation sites is 1. The first kappa shape index (κ1) is 21.8. The Balaban J connectivity index is 1.75. The minimum atomic E-state index is -1.13. The number of halogens is 1. The number of piperazine rings is 1. The zero-order valence-corrected chi connectivity index (χ0v) is 17.8. The smallest absolute Gasteiger partial charge is 0.252 e. The van der Waals surface area contributed by atoms with E-state index >= 15 is 0 Å². The maximum Gasteiger partial charge on any atom is 0.252 e. The van der Waals surface area contributed by atoms with Crippen molar-refractivity contribution in [1.29, 1.82) is 0 Å². The summed E-state index contributed by atoms with van der Waals surface area (Å²) in [4.78, 5) is 29.8. The molecule has 2 amide bonds. The fraction of sp³-hybridized carbons (Fsp3) is 0.391. The van der Waals surface area contributed by atoms with Gasteiger partial charge in [-0.15, -0.1) is 0 Å². The van der Waals surface area contributed by atoms with Gasteiger partial charge in [-0.2, -0.15) is 0 Å². The van der Waals surface area contributed by atoms with Gasteiger partial charge in [0.1, 0.15) is 17.1 Å². The number of hydrogen-bond acceptors (Lipinski definition) is 4. The summed E-state index contributed by atoms with van der Waals surface area (Å²) >= 11 is 0. The highest BCUT2D eigenvalue weighted by molar-refractivity contribution is 5.99. The molecule has 1 N–H and O–H groups in total. The second-order valence-corrected chi connectivity index (χ2v) is 8.08. The van der Waals surface area contributed by atoms with Crippen molar-refractivity contribution in [3.05, 3.63) is 65.5 Å². The molecular formula is C23H28FN3O3. The van der Waals surface area contributed by atoms with Crippen LogP contribution in [0.1, 0.15) is 35.8 Å². The Morgan fingerprint density at radius 1 is 1.13 bits per heavy atom. The first-order valence-electron chi connectivity index (χ1n) is 9.93. The van der Waals surface area contributed by atoms with E-state index in [0.29, 0.717) is 19.6 Å². The average Bonchev–Trinajstić information content (AvgIpc) is 2.73. The number of amides is 2. The number of carbonyl (C=O) groups is 2. The zero-order chi connectivity index (χ0) is 21.9. The highest BCUT2D eigenvalue weighted by atomic mass is 19.1. The summed E-state index contributed by atoms with van der Waals surface area (Å²) in [5.74, 6) is -0.378. The van der Waals surface area contributed by atoms with E-state index in [4.69, 9.17) is 4.74 Å². The van der Waals surface area contributed by atoms with E-state index in [1.54, 1.807) is 25.9 Å². The monoisotopic (exact) mass is 413 g/mol. The Bertz CT molecular complexity index is 931. The van der Waals surface area contributed by atoms with E-state index in [0.717, 1.165) is 17.4 Å². The van der Waals surface area contributed by atoms with Gasteiger partial charge in [0.05, 0.1) is 13.2 Å². The van der Waals surface area contributed by atoms with Crippen LogP contribution in [0.2, 0.25) is 0 Å². The van der Waals surface area contributed by atoms with Crippen LogP contribution >= 0.6 is 0 Å². The molecule has 3 rings (SSSR count). The Morgan fingerprint density at radius 3 is 2.57 bits per heavy atom. The molecule has 7 heteroatoms. The fourth-order valence-electron chi connectivity index (χ4n) is 3.77. The van der Waals surface area contributed by atoms with Crippen molar-refractivity contribution in [2.45, 2.75) is 25.4 Å². The molecule has 0 spiro atoms. The van der Waals surface area contributed by atoms with E-state index in [2.05, 4.69) is 10.2 Å². The Labute approximate surface area is 176 Å². The lowest BCUT2D eigenvalue weighted by Crippen LogP contribution is -2.59. The van der Waals surface area contributed by atoms with Gasteiger partial charge in [0.2, 0.25) is 5.91 Å². The molecule has 6 nitrogen and oxygen atoms in total. The molecule has 1 unspecified atom stereocenters. The number of carbonyl (C=O) groups excluding carboxylic acids is 2. The first-order valence-corrected chi connectivity index (χ1v) is 9.93. The van der Waals surface area contributed by atoms with Crippen LogP contribution in [0.3, 0.4) is 0 Å². The molecule has 1 atom stereocenters. The van der Waals surface area contributed by atoms with Crippen LogP contribution in [0.25, 0.3) is 0 Å². The highest BCUT2D eigenvalue weighted by Crippen LogP contribution is 2.31. The summed E-state index contributed by atoms with van der Waals surface area (Å²) in [6.45, 7) is 5.07. The molecule has 1 heterocycles. The van der Waals surface area contributed by atoms with Crippen LogP contribution in [0.4, 0.5) is 4.39 Å². The van der Waals surface area contributed by atoms with Crippen LogP contribution in [0.15, 0.2) is 48.5 Å². The van der Waals surface area contributed by atoms with Crippen molar-refractivity contribution in [3.63, 3.8) is 0 Å². The molecule has 0 bridgehead atoms. The van der Waals surface area contributed by atoms with Crippen molar-refractivity contribution in [3.8, 4) is 5.75 Å². The van der Waals surface area contributed by atoms with Crippen molar-refractivity contribution < 1.29 is 18.7 Å². The third-order valence-corrected chi connectivity index (χ3v) is 5.48. The number of likely N-dealkylation sites (N-methyl/N-ethyl adjacent to an activating group) is 1. The predicted octanol–water partition coefficient (Wildman–Crippen LogP) is 2.86. The topological polar surface area (TPSA) is 61.9 Å². The second-order valence-electron chi connectivity index (χ2n) is 8.08. The number of rotatable bonds is 5. The van der Waals surface area contributed by atoms with Gasteiger partial charge in [-0.25, -0.2) is 4.39 Å². The summed E-state index contributed by atoms with van der Waals surface area (Å²) in [6, 6.07) is 13.2. The molecule has 160 valence electrons. The van der Waals surface area contributed by atoms with Crippen LogP contribution in [0, 0.1) is 5.82 Å². The molecule has 1 aliphatic heterocycles. The number of hydrogen-bond donors (Lipinski definition) is 1. The van der Waals surface area contributed by atoms with Gasteiger partial charge in [0.25, 0.3) is 5.91 Å². The zero-order valence-electron chi connectivity index (χ0n) is 17.8.